The molecule has 112 valence electrons. The summed E-state index contributed by atoms with van der Waals surface area (Å²) < 4.78 is 8.88. The summed E-state index contributed by atoms with van der Waals surface area (Å²) in [5, 5.41) is 33.8. The van der Waals surface area contributed by atoms with Gasteiger partial charge >= 0.3 is 115 Å². The van der Waals surface area contributed by atoms with E-state index in [0.29, 0.717) is 0 Å². The molecule has 0 rings (SSSR count). The molecule has 0 radical (unpaired) electrons. The van der Waals surface area contributed by atoms with Gasteiger partial charge in [-0.25, -0.2) is 9.36 Å². The van der Waals surface area contributed by atoms with E-state index in [2.05, 4.69) is 0 Å². The molecular weight excluding hydrogens is 358 g/mol. The van der Waals surface area contributed by atoms with Gasteiger partial charge in [-0.3, -0.25) is 9.59 Å². The molecule has 0 saturated carbocycles. The standard InChI is InChI=1S/C6H8O7.Ca.K.H3O4P.3H/c7-3(8)1-6(13,5(11)12)2-4(9)10;;;1-5(2,3)4;;;/h13H,1-2H2,(H,7,8)(H,9,10)(H,11,12);;;(H3,1,2,3,4);;;/q;+2;+1;;3*-1. The number of carboxylic acids is 3. The normalized spacial score (nSPS) is 10.0. The van der Waals surface area contributed by atoms with Gasteiger partial charge in [0.15, 0.2) is 5.60 Å². The van der Waals surface area contributed by atoms with Gasteiger partial charge in [-0.1, -0.05) is 0 Å². The third kappa shape index (κ3) is 21.7. The van der Waals surface area contributed by atoms with Crippen molar-refractivity contribution in [1.82, 2.24) is 0 Å². The molecule has 0 heterocycles. The summed E-state index contributed by atoms with van der Waals surface area (Å²) in [6.07, 6.45) is -2.29. The van der Waals surface area contributed by atoms with E-state index in [1.165, 1.54) is 0 Å². The predicted molar refractivity (Wildman–Crippen MR) is 60.4 cm³/mol. The average molecular weight is 372 g/mol. The van der Waals surface area contributed by atoms with Crippen molar-refractivity contribution in [2.24, 2.45) is 0 Å². The Morgan fingerprint density at radius 3 is 1.25 bits per heavy atom. The summed E-state index contributed by atoms with van der Waals surface area (Å²) in [7, 11) is -4.64. The molecule has 0 bridgehead atoms. The van der Waals surface area contributed by atoms with Crippen molar-refractivity contribution >= 4 is 63.5 Å². The van der Waals surface area contributed by atoms with Gasteiger partial charge < -0.3 is 39.4 Å². The fraction of sp³-hybridized carbons (Fsp3) is 0.500. The third-order valence-corrected chi connectivity index (χ3v) is 1.29. The zero-order valence-electron chi connectivity index (χ0n) is 13.3. The Morgan fingerprint density at radius 1 is 0.950 bits per heavy atom. The fourth-order valence-electron chi connectivity index (χ4n) is 0.714. The van der Waals surface area contributed by atoms with E-state index in [1.54, 1.807) is 0 Å². The number of carbonyl (C=O) groups is 3. The molecule has 0 aliphatic carbocycles. The first kappa shape index (κ1) is 29.4. The van der Waals surface area contributed by atoms with Crippen LogP contribution in [0.15, 0.2) is 0 Å². The van der Waals surface area contributed by atoms with Crippen LogP contribution in [-0.4, -0.2) is 96.4 Å². The van der Waals surface area contributed by atoms with E-state index < -0.39 is 44.2 Å². The Labute approximate surface area is 189 Å². The van der Waals surface area contributed by atoms with Crippen molar-refractivity contribution in [3.8, 4) is 0 Å². The van der Waals surface area contributed by atoms with Gasteiger partial charge in [-0.05, 0) is 0 Å². The molecule has 0 aliphatic heterocycles. The van der Waals surface area contributed by atoms with Crippen LogP contribution >= 0.6 is 7.82 Å². The number of phosphoric acid groups is 1. The summed E-state index contributed by atoms with van der Waals surface area (Å²) in [5.41, 5.74) is -2.74. The van der Waals surface area contributed by atoms with Gasteiger partial charge in [0, 0.05) is 0 Å². The summed E-state index contributed by atoms with van der Waals surface area (Å²) >= 11 is 0. The van der Waals surface area contributed by atoms with Crippen LogP contribution in [0, 0.1) is 0 Å². The van der Waals surface area contributed by atoms with E-state index in [9.17, 15) is 14.4 Å². The molecule has 0 aromatic carbocycles. The van der Waals surface area contributed by atoms with Crippen LogP contribution in [0.2, 0.25) is 0 Å². The Bertz CT molecular complexity index is 368. The third-order valence-electron chi connectivity index (χ3n) is 1.29. The van der Waals surface area contributed by atoms with Gasteiger partial charge in [-0.2, -0.15) is 0 Å². The summed E-state index contributed by atoms with van der Waals surface area (Å²) in [4.78, 5) is 52.0. The largest absolute Gasteiger partial charge is 2.00 e. The number of carboxylic acid groups (broad SMARTS) is 3. The van der Waals surface area contributed by atoms with E-state index >= 15 is 0 Å². The molecule has 0 amide bonds. The van der Waals surface area contributed by atoms with E-state index in [4.69, 9.17) is 39.7 Å². The maximum absolute atomic E-state index is 10.3. The smallest absolute Gasteiger partial charge is 1.00 e. The second kappa shape index (κ2) is 12.9. The SMILES string of the molecule is O=C(O)CC(O)(CC(=O)O)C(=O)O.O=P(O)(O)O.[Ca+2].[H-].[H-].[H-].[K+]. The summed E-state index contributed by atoms with van der Waals surface area (Å²) in [5.74, 6) is -5.02. The first-order valence-corrected chi connectivity index (χ1v) is 5.52. The van der Waals surface area contributed by atoms with E-state index in [1.807, 2.05) is 0 Å². The number of rotatable bonds is 5. The molecule has 0 aromatic heterocycles. The van der Waals surface area contributed by atoms with E-state index in [-0.39, 0.29) is 93.4 Å². The quantitative estimate of drug-likeness (QED) is 0.179. The molecule has 20 heavy (non-hydrogen) atoms. The summed E-state index contributed by atoms with van der Waals surface area (Å²) in [6, 6.07) is 0. The molecule has 0 saturated heterocycles. The van der Waals surface area contributed by atoms with Crippen LogP contribution in [0.1, 0.15) is 17.1 Å². The zero-order chi connectivity index (χ0) is 15.1. The molecular formula is C6H14CaKO11P. The molecule has 7 N–H and O–H groups in total. The van der Waals surface area contributed by atoms with Crippen molar-refractivity contribution in [3.63, 3.8) is 0 Å². The minimum atomic E-state index is -4.64. The van der Waals surface area contributed by atoms with Crippen LogP contribution < -0.4 is 51.4 Å². The van der Waals surface area contributed by atoms with Crippen molar-refractivity contribution < 1.29 is 110 Å². The molecule has 14 heteroatoms. The molecule has 0 fully saturated rings. The first-order valence-electron chi connectivity index (χ1n) is 3.95. The van der Waals surface area contributed by atoms with Crippen LogP contribution in [0.25, 0.3) is 0 Å². The second-order valence-corrected chi connectivity index (χ2v) is 4.02. The number of aliphatic hydroxyl groups is 1. The topological polar surface area (TPSA) is 210 Å². The van der Waals surface area contributed by atoms with Crippen LogP contribution in [-0.2, 0) is 18.9 Å². The molecule has 11 nitrogen and oxygen atoms in total. The number of hydrogen-bond acceptors (Lipinski definition) is 5. The Kier molecular flexibility index (Phi) is 18.9. The molecule has 0 atom stereocenters. The molecule has 0 aliphatic rings. The molecule has 0 unspecified atom stereocenters. The van der Waals surface area contributed by atoms with Gasteiger partial charge in [-0.15, -0.1) is 0 Å². The van der Waals surface area contributed by atoms with E-state index in [0.717, 1.165) is 0 Å². The number of aliphatic carboxylic acids is 3. The van der Waals surface area contributed by atoms with Gasteiger partial charge in [0.05, 0.1) is 12.8 Å². The van der Waals surface area contributed by atoms with Crippen LogP contribution in [0.3, 0.4) is 0 Å². The van der Waals surface area contributed by atoms with Crippen molar-refractivity contribution in [2.45, 2.75) is 18.4 Å². The number of hydrogen-bond donors (Lipinski definition) is 7. The monoisotopic (exact) mass is 372 g/mol. The Balaban J connectivity index is -0.0000000455. The molecule has 0 aromatic rings. The Morgan fingerprint density at radius 2 is 1.15 bits per heavy atom. The second-order valence-electron chi connectivity index (χ2n) is 2.99. The summed E-state index contributed by atoms with van der Waals surface area (Å²) in [6.45, 7) is 0. The fourth-order valence-corrected chi connectivity index (χ4v) is 0.714. The van der Waals surface area contributed by atoms with Gasteiger partial charge in [0.1, 0.15) is 0 Å². The van der Waals surface area contributed by atoms with Crippen molar-refractivity contribution in [3.05, 3.63) is 0 Å². The maximum Gasteiger partial charge on any atom is 2.00 e. The average Bonchev–Trinajstić information content (AvgIpc) is 1.95. The van der Waals surface area contributed by atoms with Gasteiger partial charge in [0.25, 0.3) is 0 Å². The van der Waals surface area contributed by atoms with Crippen molar-refractivity contribution in [1.29, 1.82) is 0 Å². The predicted octanol–water partition coefficient (Wildman–Crippen LogP) is -5.22. The van der Waals surface area contributed by atoms with Crippen LogP contribution in [0.5, 0.6) is 0 Å². The first-order chi connectivity index (χ1) is 7.78. The Hall–Kier alpha value is 1.38. The minimum Gasteiger partial charge on any atom is -1.00 e. The zero-order valence-corrected chi connectivity index (χ0v) is 16.6. The maximum atomic E-state index is 10.3. The van der Waals surface area contributed by atoms with Crippen molar-refractivity contribution in [2.75, 3.05) is 0 Å². The van der Waals surface area contributed by atoms with Crippen LogP contribution in [0.4, 0.5) is 0 Å². The van der Waals surface area contributed by atoms with Gasteiger partial charge in [0.2, 0.25) is 0 Å². The minimum absolute atomic E-state index is 0. The molecule has 0 spiro atoms.